The lowest BCUT2D eigenvalue weighted by Crippen LogP contribution is -2.25. The lowest BCUT2D eigenvalue weighted by molar-refractivity contribution is 0.265. The minimum Gasteiger partial charge on any atom is -0.300 e. The van der Waals surface area contributed by atoms with Crippen LogP contribution in [0.4, 0.5) is 4.39 Å². The largest absolute Gasteiger partial charge is 0.300 e. The Morgan fingerprint density at radius 2 is 1.77 bits per heavy atom. The third-order valence-electron chi connectivity index (χ3n) is 2.23. The third kappa shape index (κ3) is 3.15. The molecular formula is C11H16FN. The zero-order valence-corrected chi connectivity index (χ0v) is 8.42. The molecule has 0 atom stereocenters. The lowest BCUT2D eigenvalue weighted by atomic mass is 10.2. The molecule has 13 heavy (non-hydrogen) atoms. The van der Waals surface area contributed by atoms with Crippen molar-refractivity contribution in [3.05, 3.63) is 35.6 Å². The van der Waals surface area contributed by atoms with E-state index in [1.165, 1.54) is 12.1 Å². The van der Waals surface area contributed by atoms with Gasteiger partial charge in [-0.2, -0.15) is 0 Å². The molecule has 0 bridgehead atoms. The summed E-state index contributed by atoms with van der Waals surface area (Å²) in [6.07, 6.45) is 0. The van der Waals surface area contributed by atoms with E-state index in [-0.39, 0.29) is 5.82 Å². The highest BCUT2D eigenvalue weighted by Gasteiger charge is 2.03. The van der Waals surface area contributed by atoms with Gasteiger partial charge in [0.15, 0.2) is 0 Å². The van der Waals surface area contributed by atoms with Crippen LogP contribution in [0.1, 0.15) is 19.4 Å². The quantitative estimate of drug-likeness (QED) is 0.693. The summed E-state index contributed by atoms with van der Waals surface area (Å²) >= 11 is 0. The minimum atomic E-state index is -0.170. The monoisotopic (exact) mass is 181 g/mol. The van der Waals surface area contributed by atoms with Crippen LogP contribution in [0.25, 0.3) is 0 Å². The molecule has 0 heterocycles. The van der Waals surface area contributed by atoms with Crippen LogP contribution in [0.5, 0.6) is 0 Å². The minimum absolute atomic E-state index is 0.170. The van der Waals surface area contributed by atoms with Crippen LogP contribution < -0.4 is 0 Å². The van der Waals surface area contributed by atoms with Crippen molar-refractivity contribution in [1.82, 2.24) is 4.90 Å². The summed E-state index contributed by atoms with van der Waals surface area (Å²) < 4.78 is 12.6. The number of hydrogen-bond acceptors (Lipinski definition) is 1. The molecule has 0 aliphatic heterocycles. The fraction of sp³-hybridized carbons (Fsp3) is 0.455. The predicted octanol–water partition coefficient (Wildman–Crippen LogP) is 2.67. The Labute approximate surface area is 79.2 Å². The molecule has 0 unspecified atom stereocenters. The molecule has 0 amide bonds. The van der Waals surface area contributed by atoms with E-state index in [0.717, 1.165) is 12.1 Å². The summed E-state index contributed by atoms with van der Waals surface area (Å²) in [4.78, 5) is 2.22. The molecular weight excluding hydrogens is 165 g/mol. The Balaban J connectivity index is 2.59. The fourth-order valence-electron chi connectivity index (χ4n) is 1.06. The molecule has 0 radical (unpaired) electrons. The first-order valence-electron chi connectivity index (χ1n) is 4.54. The molecule has 1 aromatic rings. The molecule has 0 N–H and O–H groups in total. The van der Waals surface area contributed by atoms with E-state index in [9.17, 15) is 4.39 Å². The average Bonchev–Trinajstić information content (AvgIpc) is 2.08. The van der Waals surface area contributed by atoms with Gasteiger partial charge in [-0.3, -0.25) is 4.90 Å². The summed E-state index contributed by atoms with van der Waals surface area (Å²) in [6.45, 7) is 5.16. The average molecular weight is 181 g/mol. The molecule has 2 heteroatoms. The fourth-order valence-corrected chi connectivity index (χ4v) is 1.06. The van der Waals surface area contributed by atoms with Crippen LogP contribution in [-0.4, -0.2) is 18.0 Å². The molecule has 1 rings (SSSR count). The maximum Gasteiger partial charge on any atom is 0.123 e. The maximum atomic E-state index is 12.6. The Kier molecular flexibility index (Phi) is 3.43. The molecule has 1 aromatic carbocycles. The van der Waals surface area contributed by atoms with Crippen molar-refractivity contribution >= 4 is 0 Å². The third-order valence-corrected chi connectivity index (χ3v) is 2.23. The Morgan fingerprint density at radius 1 is 1.23 bits per heavy atom. The van der Waals surface area contributed by atoms with E-state index in [2.05, 4.69) is 25.8 Å². The second-order valence-corrected chi connectivity index (χ2v) is 3.64. The van der Waals surface area contributed by atoms with Gasteiger partial charge in [0, 0.05) is 12.6 Å². The van der Waals surface area contributed by atoms with Crippen molar-refractivity contribution in [2.24, 2.45) is 0 Å². The molecule has 0 aromatic heterocycles. The highest BCUT2D eigenvalue weighted by atomic mass is 19.1. The van der Waals surface area contributed by atoms with E-state index < -0.39 is 0 Å². The maximum absolute atomic E-state index is 12.6. The van der Waals surface area contributed by atoms with Crippen LogP contribution in [0.15, 0.2) is 24.3 Å². The molecule has 0 aliphatic rings. The Morgan fingerprint density at radius 3 is 2.23 bits per heavy atom. The van der Waals surface area contributed by atoms with Gasteiger partial charge in [0.25, 0.3) is 0 Å². The van der Waals surface area contributed by atoms with Crippen LogP contribution in [0, 0.1) is 5.82 Å². The van der Waals surface area contributed by atoms with Crippen LogP contribution in [0.2, 0.25) is 0 Å². The summed E-state index contributed by atoms with van der Waals surface area (Å²) in [5.74, 6) is -0.170. The van der Waals surface area contributed by atoms with Gasteiger partial charge in [-0.25, -0.2) is 4.39 Å². The molecule has 0 spiro atoms. The van der Waals surface area contributed by atoms with Crippen molar-refractivity contribution in [3.63, 3.8) is 0 Å². The van der Waals surface area contributed by atoms with Crippen molar-refractivity contribution in [2.45, 2.75) is 26.4 Å². The molecule has 0 saturated carbocycles. The van der Waals surface area contributed by atoms with Crippen molar-refractivity contribution < 1.29 is 4.39 Å². The van der Waals surface area contributed by atoms with E-state index in [1.54, 1.807) is 0 Å². The van der Waals surface area contributed by atoms with Gasteiger partial charge in [0.2, 0.25) is 0 Å². The van der Waals surface area contributed by atoms with E-state index >= 15 is 0 Å². The van der Waals surface area contributed by atoms with Gasteiger partial charge < -0.3 is 0 Å². The van der Waals surface area contributed by atoms with Crippen LogP contribution >= 0.6 is 0 Å². The number of nitrogens with zero attached hydrogens (tertiary/aromatic N) is 1. The number of rotatable bonds is 3. The van der Waals surface area contributed by atoms with Crippen molar-refractivity contribution in [3.8, 4) is 0 Å². The van der Waals surface area contributed by atoms with Crippen LogP contribution in [0.3, 0.4) is 0 Å². The smallest absolute Gasteiger partial charge is 0.123 e. The highest BCUT2D eigenvalue weighted by molar-refractivity contribution is 5.15. The zero-order valence-electron chi connectivity index (χ0n) is 8.42. The first-order valence-corrected chi connectivity index (χ1v) is 4.54. The highest BCUT2D eigenvalue weighted by Crippen LogP contribution is 2.07. The molecule has 1 nitrogen and oxygen atoms in total. The number of hydrogen-bond donors (Lipinski definition) is 0. The Hall–Kier alpha value is -0.890. The van der Waals surface area contributed by atoms with Gasteiger partial charge in [0.1, 0.15) is 5.82 Å². The van der Waals surface area contributed by atoms with Gasteiger partial charge in [-0.1, -0.05) is 12.1 Å². The zero-order chi connectivity index (χ0) is 9.84. The first kappa shape index (κ1) is 10.2. The number of benzene rings is 1. The predicted molar refractivity (Wildman–Crippen MR) is 53.0 cm³/mol. The van der Waals surface area contributed by atoms with Gasteiger partial charge >= 0.3 is 0 Å². The van der Waals surface area contributed by atoms with Crippen molar-refractivity contribution in [1.29, 1.82) is 0 Å². The van der Waals surface area contributed by atoms with Gasteiger partial charge in [-0.15, -0.1) is 0 Å². The topological polar surface area (TPSA) is 3.24 Å². The summed E-state index contributed by atoms with van der Waals surface area (Å²) in [7, 11) is 2.06. The molecule has 0 saturated heterocycles. The standard InChI is InChI=1S/C11H16FN/c1-9(2)13(3)8-10-4-6-11(12)7-5-10/h4-7,9H,8H2,1-3H3. The van der Waals surface area contributed by atoms with E-state index in [4.69, 9.17) is 0 Å². The van der Waals surface area contributed by atoms with Gasteiger partial charge in [-0.05, 0) is 38.6 Å². The molecule has 0 fully saturated rings. The van der Waals surface area contributed by atoms with Crippen molar-refractivity contribution in [2.75, 3.05) is 7.05 Å². The second kappa shape index (κ2) is 4.38. The lowest BCUT2D eigenvalue weighted by Gasteiger charge is -2.20. The SMILES string of the molecule is CC(C)N(C)Cc1ccc(F)cc1. The van der Waals surface area contributed by atoms with Crippen LogP contribution in [-0.2, 0) is 6.54 Å². The van der Waals surface area contributed by atoms with E-state index in [0.29, 0.717) is 6.04 Å². The number of halogens is 1. The molecule has 72 valence electrons. The summed E-state index contributed by atoms with van der Waals surface area (Å²) in [5.41, 5.74) is 1.15. The van der Waals surface area contributed by atoms with E-state index in [1.807, 2.05) is 12.1 Å². The van der Waals surface area contributed by atoms with Gasteiger partial charge in [0.05, 0.1) is 0 Å². The normalized spacial score (nSPS) is 11.2. The second-order valence-electron chi connectivity index (χ2n) is 3.64. The Bertz CT molecular complexity index is 253. The summed E-state index contributed by atoms with van der Waals surface area (Å²) in [6, 6.07) is 7.18. The summed E-state index contributed by atoms with van der Waals surface area (Å²) in [5, 5.41) is 0. The first-order chi connectivity index (χ1) is 6.09. The molecule has 0 aliphatic carbocycles.